The summed E-state index contributed by atoms with van der Waals surface area (Å²) >= 11 is 12.1. The number of hydrogen-bond donors (Lipinski definition) is 4. The maximum Gasteiger partial charge on any atom is 0.341 e. The van der Waals surface area contributed by atoms with Crippen molar-refractivity contribution in [3.63, 3.8) is 0 Å². The predicted octanol–water partition coefficient (Wildman–Crippen LogP) is 5.37. The average Bonchev–Trinajstić information content (AvgIpc) is 3.71. The van der Waals surface area contributed by atoms with Crippen LogP contribution in [0.2, 0.25) is 10.0 Å². The number of ether oxygens (including phenoxy) is 1. The molecule has 1 aliphatic heterocycles. The molecule has 1 aliphatic rings. The molecular weight excluding hydrogens is 687 g/mol. The Bertz CT molecular complexity index is 1910. The van der Waals surface area contributed by atoms with E-state index in [9.17, 15) is 29.1 Å². The molecular formula is C36H34Cl2N4O8. The van der Waals surface area contributed by atoms with Crippen molar-refractivity contribution >= 4 is 69.4 Å². The van der Waals surface area contributed by atoms with Crippen molar-refractivity contribution in [1.82, 2.24) is 15.6 Å². The van der Waals surface area contributed by atoms with Crippen LogP contribution >= 0.6 is 23.2 Å². The largest absolute Gasteiger partial charge is 0.481 e. The first-order valence-corrected chi connectivity index (χ1v) is 16.5. The molecule has 3 atom stereocenters. The topological polar surface area (TPSA) is 176 Å². The monoisotopic (exact) mass is 720 g/mol. The van der Waals surface area contributed by atoms with Gasteiger partial charge >= 0.3 is 11.9 Å². The summed E-state index contributed by atoms with van der Waals surface area (Å²) in [5, 5.41) is 20.2. The van der Waals surface area contributed by atoms with Gasteiger partial charge in [0.05, 0.1) is 33.8 Å². The van der Waals surface area contributed by atoms with Crippen LogP contribution in [0.1, 0.15) is 53.1 Å². The summed E-state index contributed by atoms with van der Waals surface area (Å²) in [6.07, 6.45) is -0.891. The number of nitrogens with zero attached hydrogens (tertiary/aromatic N) is 1. The van der Waals surface area contributed by atoms with Gasteiger partial charge in [0.2, 0.25) is 5.60 Å². The molecule has 0 radical (unpaired) electrons. The van der Waals surface area contributed by atoms with Gasteiger partial charge < -0.3 is 30.3 Å². The molecule has 14 heteroatoms. The van der Waals surface area contributed by atoms with Crippen molar-refractivity contribution in [2.45, 2.75) is 50.8 Å². The number of rotatable bonds is 14. The summed E-state index contributed by atoms with van der Waals surface area (Å²) in [7, 11) is 0. The number of aromatic nitrogens is 1. The highest BCUT2D eigenvalue weighted by Gasteiger charge is 2.49. The summed E-state index contributed by atoms with van der Waals surface area (Å²) in [5.74, 6) is -4.65. The highest BCUT2D eigenvalue weighted by molar-refractivity contribution is 6.39. The number of oxime groups is 1. The van der Waals surface area contributed by atoms with E-state index in [0.717, 1.165) is 10.9 Å². The average molecular weight is 722 g/mol. The number of benzene rings is 3. The van der Waals surface area contributed by atoms with Crippen LogP contribution in [0.4, 0.5) is 0 Å². The Hall–Kier alpha value is -5.20. The molecule has 50 heavy (non-hydrogen) atoms. The van der Waals surface area contributed by atoms with Crippen molar-refractivity contribution < 1.29 is 38.7 Å². The van der Waals surface area contributed by atoms with Gasteiger partial charge in [-0.3, -0.25) is 19.2 Å². The number of para-hydroxylation sites is 1. The van der Waals surface area contributed by atoms with Crippen LogP contribution in [0.15, 0.2) is 84.0 Å². The van der Waals surface area contributed by atoms with Gasteiger partial charge in [-0.15, -0.1) is 0 Å². The fourth-order valence-corrected chi connectivity index (χ4v) is 6.21. The zero-order chi connectivity index (χ0) is 36.0. The van der Waals surface area contributed by atoms with E-state index in [1.165, 1.54) is 18.2 Å². The first-order valence-electron chi connectivity index (χ1n) is 15.7. The minimum Gasteiger partial charge on any atom is -0.481 e. The zero-order valence-corrected chi connectivity index (χ0v) is 28.6. The lowest BCUT2D eigenvalue weighted by Crippen LogP contribution is -2.55. The number of carboxylic acid groups (broad SMARTS) is 1. The van der Waals surface area contributed by atoms with Crippen molar-refractivity contribution in [3.8, 4) is 0 Å². The third-order valence-corrected chi connectivity index (χ3v) is 8.85. The third-order valence-electron chi connectivity index (χ3n) is 8.22. The Morgan fingerprint density at radius 3 is 2.30 bits per heavy atom. The number of H-pyrrole nitrogens is 1. The van der Waals surface area contributed by atoms with Gasteiger partial charge in [-0.05, 0) is 35.7 Å². The van der Waals surface area contributed by atoms with Crippen LogP contribution in [0.5, 0.6) is 0 Å². The Kier molecular flexibility index (Phi) is 11.2. The van der Waals surface area contributed by atoms with Crippen LogP contribution in [0.3, 0.4) is 0 Å². The van der Waals surface area contributed by atoms with Crippen molar-refractivity contribution in [2.24, 2.45) is 11.1 Å². The molecule has 0 saturated heterocycles. The SMILES string of the molecule is CC(C)C(NC(=O)c1cc2ccccc2[nH]1)C1=NOC(Cc2ccccc2)(C(=O)N[C@@H](CC(=O)O)C(=O)COC(=O)c2c(Cl)cccc2Cl)C1. The highest BCUT2D eigenvalue weighted by Crippen LogP contribution is 2.32. The molecule has 2 unspecified atom stereocenters. The molecule has 0 spiro atoms. The molecule has 0 fully saturated rings. The smallest absolute Gasteiger partial charge is 0.341 e. The van der Waals surface area contributed by atoms with Gasteiger partial charge in [-0.1, -0.05) is 96.8 Å². The number of halogens is 2. The Morgan fingerprint density at radius 1 is 0.960 bits per heavy atom. The Morgan fingerprint density at radius 2 is 1.64 bits per heavy atom. The van der Waals surface area contributed by atoms with E-state index in [1.54, 1.807) is 36.4 Å². The van der Waals surface area contributed by atoms with E-state index < -0.39 is 54.3 Å². The molecule has 12 nitrogen and oxygen atoms in total. The predicted molar refractivity (Wildman–Crippen MR) is 186 cm³/mol. The first kappa shape index (κ1) is 36.1. The number of nitrogens with one attached hydrogen (secondary N) is 3. The van der Waals surface area contributed by atoms with Crippen LogP contribution in [-0.2, 0) is 30.4 Å². The molecule has 2 amide bonds. The lowest BCUT2D eigenvalue weighted by atomic mass is 9.84. The molecule has 2 heterocycles. The summed E-state index contributed by atoms with van der Waals surface area (Å²) in [6.45, 7) is 2.89. The molecule has 0 bridgehead atoms. The Labute approximate surface area is 297 Å². The minimum atomic E-state index is -1.71. The Balaban J connectivity index is 1.35. The number of amides is 2. The van der Waals surface area contributed by atoms with E-state index >= 15 is 0 Å². The zero-order valence-electron chi connectivity index (χ0n) is 27.1. The number of ketones is 1. The molecule has 0 aliphatic carbocycles. The second kappa shape index (κ2) is 15.6. The summed E-state index contributed by atoms with van der Waals surface area (Å²) in [5.41, 5.74) is 0.346. The van der Waals surface area contributed by atoms with Gasteiger partial charge in [0.1, 0.15) is 11.7 Å². The number of esters is 1. The molecule has 0 saturated carbocycles. The van der Waals surface area contributed by atoms with Crippen molar-refractivity contribution in [1.29, 1.82) is 0 Å². The van der Waals surface area contributed by atoms with E-state index in [1.807, 2.05) is 38.1 Å². The van der Waals surface area contributed by atoms with E-state index in [0.29, 0.717) is 17.0 Å². The van der Waals surface area contributed by atoms with Crippen molar-refractivity contribution in [2.75, 3.05) is 6.61 Å². The molecule has 260 valence electrons. The maximum absolute atomic E-state index is 14.1. The molecule has 3 aromatic carbocycles. The fourth-order valence-electron chi connectivity index (χ4n) is 5.65. The van der Waals surface area contributed by atoms with E-state index in [4.69, 9.17) is 32.8 Å². The number of carbonyl (C=O) groups excluding carboxylic acids is 4. The lowest BCUT2D eigenvalue weighted by molar-refractivity contribution is -0.148. The molecule has 1 aromatic heterocycles. The summed E-state index contributed by atoms with van der Waals surface area (Å²) in [4.78, 5) is 74.2. The molecule has 4 aromatic rings. The number of aromatic amines is 1. The number of Topliss-reactive ketones (excluding diaryl/α,β-unsaturated/α-hetero) is 1. The van der Waals surface area contributed by atoms with Crippen LogP contribution in [-0.4, -0.2) is 69.6 Å². The molecule has 5 rings (SSSR count). The lowest BCUT2D eigenvalue weighted by Gasteiger charge is -2.29. The number of fused-ring (bicyclic) bond motifs is 1. The molecule has 4 N–H and O–H groups in total. The first-order chi connectivity index (χ1) is 23.9. The quantitative estimate of drug-likeness (QED) is 0.126. The fraction of sp³-hybridized carbons (Fsp3) is 0.278. The summed E-state index contributed by atoms with van der Waals surface area (Å²) < 4.78 is 5.11. The number of hydrogen-bond acceptors (Lipinski definition) is 8. The van der Waals surface area contributed by atoms with Gasteiger partial charge in [0.15, 0.2) is 12.4 Å². The van der Waals surface area contributed by atoms with Crippen LogP contribution < -0.4 is 10.6 Å². The highest BCUT2D eigenvalue weighted by atomic mass is 35.5. The minimum absolute atomic E-state index is 0.000376. The summed E-state index contributed by atoms with van der Waals surface area (Å²) in [6, 6.07) is 20.3. The van der Waals surface area contributed by atoms with E-state index in [2.05, 4.69) is 20.8 Å². The van der Waals surface area contributed by atoms with Gasteiger partial charge in [0.25, 0.3) is 11.8 Å². The normalized spacial score (nSPS) is 16.6. The van der Waals surface area contributed by atoms with E-state index in [-0.39, 0.29) is 40.3 Å². The number of carboxylic acids is 1. The number of carbonyl (C=O) groups is 5. The van der Waals surface area contributed by atoms with Gasteiger partial charge in [0, 0.05) is 23.7 Å². The number of aliphatic carboxylic acids is 1. The van der Waals surface area contributed by atoms with Gasteiger partial charge in [-0.25, -0.2) is 4.79 Å². The van der Waals surface area contributed by atoms with Gasteiger partial charge in [-0.2, -0.15) is 0 Å². The standard InChI is InChI=1S/C36H34Cl2N4O8/c1-20(2)32(41-33(46)27-15-22-11-6-7-14-25(22)39-27)28-18-36(50-42-28,17-21-9-4-3-5-10-21)35(48)40-26(16-30(44)45)29(43)19-49-34(47)31-23(37)12-8-13-24(31)38/h3-15,20,26,32,39H,16-19H2,1-2H3,(H,40,48)(H,41,46)(H,44,45)/t26-,32?,36?/m0/s1. The third kappa shape index (κ3) is 8.32. The maximum atomic E-state index is 14.1. The second-order valence-electron chi connectivity index (χ2n) is 12.2. The van der Waals surface area contributed by atoms with Crippen LogP contribution in [0.25, 0.3) is 10.9 Å². The second-order valence-corrected chi connectivity index (χ2v) is 13.1. The van der Waals surface area contributed by atoms with Crippen molar-refractivity contribution in [3.05, 3.63) is 106 Å². The van der Waals surface area contributed by atoms with Crippen LogP contribution in [0, 0.1) is 5.92 Å².